The van der Waals surface area contributed by atoms with Gasteiger partial charge in [-0.1, -0.05) is 6.92 Å². The van der Waals surface area contributed by atoms with Crippen molar-refractivity contribution in [3.05, 3.63) is 0 Å². The van der Waals surface area contributed by atoms with Gasteiger partial charge in [0, 0.05) is 33.2 Å². The van der Waals surface area contributed by atoms with Gasteiger partial charge in [-0.25, -0.2) is 0 Å². The molecule has 1 rings (SSSR count). The number of rotatable bonds is 2. The molecule has 1 aliphatic rings. The molecule has 0 saturated carbocycles. The fourth-order valence-corrected chi connectivity index (χ4v) is 2.61. The fourth-order valence-electron chi connectivity index (χ4n) is 1.37. The smallest absolute Gasteiger partial charge is 0.281 e. The van der Waals surface area contributed by atoms with Crippen LogP contribution in [0.2, 0.25) is 0 Å². The van der Waals surface area contributed by atoms with Crippen LogP contribution in [0, 0.1) is 5.92 Å². The first-order chi connectivity index (χ1) is 5.85. The Bertz CT molecular complexity index is 265. The molecule has 0 aromatic heterocycles. The first-order valence-corrected chi connectivity index (χ1v) is 5.68. The van der Waals surface area contributed by atoms with E-state index in [2.05, 4.69) is 0 Å². The monoisotopic (exact) mass is 207 g/mol. The molecule has 5 nitrogen and oxygen atoms in total. The molecule has 0 amide bonds. The van der Waals surface area contributed by atoms with Gasteiger partial charge in [-0.15, -0.1) is 0 Å². The van der Waals surface area contributed by atoms with Crippen LogP contribution >= 0.6 is 0 Å². The Hall–Kier alpha value is -0.170. The van der Waals surface area contributed by atoms with Crippen LogP contribution in [0.5, 0.6) is 0 Å². The second kappa shape index (κ2) is 3.53. The number of nitrogens with zero attached hydrogens (tertiary/aromatic N) is 2. The summed E-state index contributed by atoms with van der Waals surface area (Å²) in [5.74, 6) is 0.245. The first-order valence-electron chi connectivity index (χ1n) is 4.29. The van der Waals surface area contributed by atoms with E-state index in [0.717, 1.165) is 0 Å². The van der Waals surface area contributed by atoms with Crippen molar-refractivity contribution in [3.8, 4) is 0 Å². The zero-order valence-electron chi connectivity index (χ0n) is 8.27. The zero-order chi connectivity index (χ0) is 10.2. The Labute approximate surface area is 79.7 Å². The van der Waals surface area contributed by atoms with Crippen molar-refractivity contribution in [1.29, 1.82) is 0 Å². The van der Waals surface area contributed by atoms with Gasteiger partial charge in [0.15, 0.2) is 0 Å². The van der Waals surface area contributed by atoms with Crippen molar-refractivity contribution in [2.24, 2.45) is 11.7 Å². The lowest BCUT2D eigenvalue weighted by molar-refractivity contribution is 0.413. The van der Waals surface area contributed by atoms with Gasteiger partial charge in [0.25, 0.3) is 10.2 Å². The summed E-state index contributed by atoms with van der Waals surface area (Å²) in [6.07, 6.45) is 0. The number of hydrogen-bond acceptors (Lipinski definition) is 3. The Kier molecular flexibility index (Phi) is 2.96. The molecule has 0 spiro atoms. The average molecular weight is 207 g/mol. The van der Waals surface area contributed by atoms with Crippen molar-refractivity contribution in [2.75, 3.05) is 27.2 Å². The molecule has 13 heavy (non-hydrogen) atoms. The summed E-state index contributed by atoms with van der Waals surface area (Å²) < 4.78 is 25.9. The third-order valence-electron chi connectivity index (χ3n) is 2.42. The van der Waals surface area contributed by atoms with E-state index in [4.69, 9.17) is 5.73 Å². The topological polar surface area (TPSA) is 66.6 Å². The quantitative estimate of drug-likeness (QED) is 0.636. The molecule has 0 aromatic carbocycles. The van der Waals surface area contributed by atoms with Gasteiger partial charge in [-0.05, 0) is 5.92 Å². The maximum atomic E-state index is 11.6. The average Bonchev–Trinajstić information content (AvgIpc) is 2.32. The lowest BCUT2D eigenvalue weighted by Gasteiger charge is -2.20. The Morgan fingerprint density at radius 3 is 2.23 bits per heavy atom. The standard InChI is InChI=1S/C7H17N3O2S/c1-6-4-10(5-7(6)8)13(11,12)9(2)3/h6-7H,4-5,8H2,1-3H3. The van der Waals surface area contributed by atoms with Crippen LogP contribution < -0.4 is 5.73 Å². The maximum Gasteiger partial charge on any atom is 0.281 e. The van der Waals surface area contributed by atoms with Crippen molar-refractivity contribution >= 4 is 10.2 Å². The normalized spacial score (nSPS) is 31.5. The molecule has 0 aliphatic carbocycles. The molecular formula is C7H17N3O2S. The van der Waals surface area contributed by atoms with Gasteiger partial charge >= 0.3 is 0 Å². The van der Waals surface area contributed by atoms with Gasteiger partial charge in [0.2, 0.25) is 0 Å². The summed E-state index contributed by atoms with van der Waals surface area (Å²) in [6.45, 7) is 2.93. The van der Waals surface area contributed by atoms with E-state index in [1.54, 1.807) is 0 Å². The van der Waals surface area contributed by atoms with Gasteiger partial charge in [0.05, 0.1) is 0 Å². The molecular weight excluding hydrogens is 190 g/mol. The third kappa shape index (κ3) is 2.01. The predicted molar refractivity (Wildman–Crippen MR) is 51.3 cm³/mol. The zero-order valence-corrected chi connectivity index (χ0v) is 9.08. The molecule has 2 N–H and O–H groups in total. The van der Waals surface area contributed by atoms with Crippen LogP contribution in [0.15, 0.2) is 0 Å². The Morgan fingerprint density at radius 2 is 1.92 bits per heavy atom. The molecule has 0 bridgehead atoms. The lowest BCUT2D eigenvalue weighted by Crippen LogP contribution is -2.39. The van der Waals surface area contributed by atoms with Crippen molar-refractivity contribution in [1.82, 2.24) is 8.61 Å². The summed E-state index contributed by atoms with van der Waals surface area (Å²) in [5, 5.41) is 0. The molecule has 1 aliphatic heterocycles. The van der Waals surface area contributed by atoms with Crippen LogP contribution in [0.4, 0.5) is 0 Å². The highest BCUT2D eigenvalue weighted by molar-refractivity contribution is 7.86. The van der Waals surface area contributed by atoms with Crippen LogP contribution in [-0.2, 0) is 10.2 Å². The molecule has 1 saturated heterocycles. The van der Waals surface area contributed by atoms with Gasteiger partial charge in [0.1, 0.15) is 0 Å². The molecule has 6 heteroatoms. The van der Waals surface area contributed by atoms with Crippen LogP contribution in [-0.4, -0.2) is 50.3 Å². The fraction of sp³-hybridized carbons (Fsp3) is 1.00. The highest BCUT2D eigenvalue weighted by Gasteiger charge is 2.35. The molecule has 0 aromatic rings. The lowest BCUT2D eigenvalue weighted by atomic mass is 10.1. The Morgan fingerprint density at radius 1 is 1.38 bits per heavy atom. The van der Waals surface area contributed by atoms with E-state index in [1.165, 1.54) is 22.7 Å². The summed E-state index contributed by atoms with van der Waals surface area (Å²) in [6, 6.07) is -0.0327. The minimum Gasteiger partial charge on any atom is -0.326 e. The summed E-state index contributed by atoms with van der Waals surface area (Å²) in [5.41, 5.74) is 5.74. The number of nitrogens with two attached hydrogens (primary N) is 1. The van der Waals surface area contributed by atoms with Crippen molar-refractivity contribution in [2.45, 2.75) is 13.0 Å². The second-order valence-electron chi connectivity index (χ2n) is 3.75. The van der Waals surface area contributed by atoms with Crippen molar-refractivity contribution < 1.29 is 8.42 Å². The van der Waals surface area contributed by atoms with E-state index >= 15 is 0 Å². The van der Waals surface area contributed by atoms with Crippen LogP contribution in [0.25, 0.3) is 0 Å². The van der Waals surface area contributed by atoms with E-state index in [1.807, 2.05) is 6.92 Å². The first kappa shape index (κ1) is 10.9. The molecule has 1 heterocycles. The van der Waals surface area contributed by atoms with Crippen LogP contribution in [0.1, 0.15) is 6.92 Å². The van der Waals surface area contributed by atoms with Crippen LogP contribution in [0.3, 0.4) is 0 Å². The largest absolute Gasteiger partial charge is 0.326 e. The minimum absolute atomic E-state index is 0.0327. The summed E-state index contributed by atoms with van der Waals surface area (Å²) in [4.78, 5) is 0. The van der Waals surface area contributed by atoms with Gasteiger partial charge < -0.3 is 5.73 Å². The highest BCUT2D eigenvalue weighted by atomic mass is 32.2. The van der Waals surface area contributed by atoms with E-state index < -0.39 is 10.2 Å². The third-order valence-corrected chi connectivity index (χ3v) is 4.30. The summed E-state index contributed by atoms with van der Waals surface area (Å²) in [7, 11) is -0.193. The Balaban J connectivity index is 2.77. The molecule has 2 atom stereocenters. The second-order valence-corrected chi connectivity index (χ2v) is 5.89. The summed E-state index contributed by atoms with van der Waals surface area (Å²) >= 11 is 0. The maximum absolute atomic E-state index is 11.6. The molecule has 1 fully saturated rings. The predicted octanol–water partition coefficient (Wildman–Crippen LogP) is -0.928. The SMILES string of the molecule is CC1CN(S(=O)(=O)N(C)C)CC1N. The van der Waals surface area contributed by atoms with Gasteiger partial charge in [-0.2, -0.15) is 17.0 Å². The van der Waals surface area contributed by atoms with Crippen molar-refractivity contribution in [3.63, 3.8) is 0 Å². The number of hydrogen-bond donors (Lipinski definition) is 1. The minimum atomic E-state index is -3.26. The van der Waals surface area contributed by atoms with E-state index in [0.29, 0.717) is 13.1 Å². The molecule has 0 radical (unpaired) electrons. The highest BCUT2D eigenvalue weighted by Crippen LogP contribution is 2.18. The molecule has 2 unspecified atom stereocenters. The van der Waals surface area contributed by atoms with E-state index in [9.17, 15) is 8.42 Å². The van der Waals surface area contributed by atoms with E-state index in [-0.39, 0.29) is 12.0 Å². The van der Waals surface area contributed by atoms with Gasteiger partial charge in [-0.3, -0.25) is 0 Å². The molecule has 78 valence electrons.